The summed E-state index contributed by atoms with van der Waals surface area (Å²) in [6.45, 7) is 0. The first kappa shape index (κ1) is 19.7. The van der Waals surface area contributed by atoms with E-state index < -0.39 is 5.97 Å². The van der Waals surface area contributed by atoms with Gasteiger partial charge in [-0.05, 0) is 61.4 Å². The Hall–Kier alpha value is -3.04. The summed E-state index contributed by atoms with van der Waals surface area (Å²) in [5.41, 5.74) is 2.25. The number of anilines is 2. The van der Waals surface area contributed by atoms with Crippen LogP contribution in [0, 0.1) is 0 Å². The summed E-state index contributed by atoms with van der Waals surface area (Å²) < 4.78 is 0. The Labute approximate surface area is 166 Å². The van der Waals surface area contributed by atoms with Crippen LogP contribution in [-0.4, -0.2) is 33.8 Å². The third-order valence-corrected chi connectivity index (χ3v) is 5.16. The SMILES string of the molecule is N/N=C(/SCC(=O)c1ccc(NC2CC2)cc1)N(N)c1ccc(C(=O)O)cc1. The highest BCUT2D eigenvalue weighted by atomic mass is 32.2. The molecular weight excluding hydrogens is 378 g/mol. The molecule has 1 saturated carbocycles. The quantitative estimate of drug-likeness (QED) is 0.183. The van der Waals surface area contributed by atoms with Crippen LogP contribution >= 0.6 is 11.8 Å². The zero-order valence-corrected chi connectivity index (χ0v) is 15.9. The van der Waals surface area contributed by atoms with Gasteiger partial charge < -0.3 is 16.3 Å². The van der Waals surface area contributed by atoms with E-state index in [2.05, 4.69) is 10.4 Å². The van der Waals surface area contributed by atoms with Crippen molar-refractivity contribution in [1.82, 2.24) is 0 Å². The number of hydrogen-bond acceptors (Lipinski definition) is 7. The summed E-state index contributed by atoms with van der Waals surface area (Å²) in [4.78, 5) is 23.4. The highest BCUT2D eigenvalue weighted by Gasteiger charge is 2.20. The van der Waals surface area contributed by atoms with Crippen molar-refractivity contribution in [2.24, 2.45) is 16.8 Å². The fourth-order valence-electron chi connectivity index (χ4n) is 2.47. The van der Waals surface area contributed by atoms with Crippen LogP contribution in [0.5, 0.6) is 0 Å². The lowest BCUT2D eigenvalue weighted by Crippen LogP contribution is -2.37. The number of hydrogen-bond donors (Lipinski definition) is 4. The van der Waals surface area contributed by atoms with E-state index in [9.17, 15) is 9.59 Å². The minimum absolute atomic E-state index is 0.0706. The maximum absolute atomic E-state index is 12.4. The third-order valence-electron chi connectivity index (χ3n) is 4.20. The molecule has 8 nitrogen and oxygen atoms in total. The summed E-state index contributed by atoms with van der Waals surface area (Å²) in [6.07, 6.45) is 2.38. The number of Topliss-reactive ketones (excluding diaryl/α,β-unsaturated/α-hetero) is 1. The first-order chi connectivity index (χ1) is 13.5. The van der Waals surface area contributed by atoms with Gasteiger partial charge in [-0.15, -0.1) is 0 Å². The molecule has 1 aliphatic rings. The normalized spacial score (nSPS) is 13.8. The smallest absolute Gasteiger partial charge is 0.335 e. The number of rotatable bonds is 7. The molecule has 0 aromatic heterocycles. The molecule has 3 rings (SSSR count). The lowest BCUT2D eigenvalue weighted by atomic mass is 10.1. The predicted molar refractivity (Wildman–Crippen MR) is 112 cm³/mol. The zero-order chi connectivity index (χ0) is 20.1. The molecule has 0 unspecified atom stereocenters. The Balaban J connectivity index is 1.57. The monoisotopic (exact) mass is 399 g/mol. The Morgan fingerprint density at radius 3 is 2.25 bits per heavy atom. The van der Waals surface area contributed by atoms with E-state index in [0.717, 1.165) is 17.4 Å². The van der Waals surface area contributed by atoms with Crippen molar-refractivity contribution < 1.29 is 14.7 Å². The molecule has 0 atom stereocenters. The van der Waals surface area contributed by atoms with Crippen molar-refractivity contribution in [3.63, 3.8) is 0 Å². The van der Waals surface area contributed by atoms with Gasteiger partial charge in [0, 0.05) is 17.3 Å². The fraction of sp³-hybridized carbons (Fsp3) is 0.211. The van der Waals surface area contributed by atoms with Gasteiger partial charge in [-0.1, -0.05) is 11.8 Å². The Morgan fingerprint density at radius 1 is 1.11 bits per heavy atom. The van der Waals surface area contributed by atoms with E-state index in [4.69, 9.17) is 16.8 Å². The number of carbonyl (C=O) groups excluding carboxylic acids is 1. The molecule has 0 bridgehead atoms. The lowest BCUT2D eigenvalue weighted by molar-refractivity contribution is 0.0696. The maximum Gasteiger partial charge on any atom is 0.335 e. The van der Waals surface area contributed by atoms with Gasteiger partial charge in [0.05, 0.1) is 17.0 Å². The van der Waals surface area contributed by atoms with Crippen LogP contribution in [0.1, 0.15) is 33.6 Å². The summed E-state index contributed by atoms with van der Waals surface area (Å²) in [7, 11) is 0. The number of nitrogens with zero attached hydrogens (tertiary/aromatic N) is 2. The number of amidine groups is 1. The van der Waals surface area contributed by atoms with Crippen molar-refractivity contribution in [3.8, 4) is 0 Å². The van der Waals surface area contributed by atoms with Crippen LogP contribution in [0.15, 0.2) is 53.6 Å². The molecule has 6 N–H and O–H groups in total. The molecule has 0 saturated heterocycles. The highest BCUT2D eigenvalue weighted by molar-refractivity contribution is 8.14. The second kappa shape index (κ2) is 8.77. The first-order valence-electron chi connectivity index (χ1n) is 8.66. The van der Waals surface area contributed by atoms with Crippen molar-refractivity contribution >= 4 is 40.1 Å². The van der Waals surface area contributed by atoms with E-state index in [-0.39, 0.29) is 22.3 Å². The molecule has 2 aromatic rings. The molecule has 0 spiro atoms. The molecule has 0 amide bonds. The number of nitrogens with two attached hydrogens (primary N) is 2. The Morgan fingerprint density at radius 2 is 1.71 bits per heavy atom. The Kier molecular flexibility index (Phi) is 6.17. The second-order valence-corrected chi connectivity index (χ2v) is 7.28. The van der Waals surface area contributed by atoms with Gasteiger partial charge in [0.15, 0.2) is 5.78 Å². The van der Waals surface area contributed by atoms with Crippen molar-refractivity contribution in [3.05, 3.63) is 59.7 Å². The molecule has 2 aromatic carbocycles. The second-order valence-electron chi connectivity index (χ2n) is 6.34. The lowest BCUT2D eigenvalue weighted by Gasteiger charge is -2.19. The average molecular weight is 399 g/mol. The van der Waals surface area contributed by atoms with Gasteiger partial charge >= 0.3 is 5.97 Å². The molecule has 1 aliphatic carbocycles. The summed E-state index contributed by atoms with van der Waals surface area (Å²) in [6, 6.07) is 13.9. The molecule has 9 heteroatoms. The molecule has 146 valence electrons. The van der Waals surface area contributed by atoms with Crippen molar-refractivity contribution in [1.29, 1.82) is 0 Å². The van der Waals surface area contributed by atoms with Crippen LogP contribution in [0.3, 0.4) is 0 Å². The van der Waals surface area contributed by atoms with Gasteiger partial charge in [-0.25, -0.2) is 10.6 Å². The summed E-state index contributed by atoms with van der Waals surface area (Å²) in [5, 5.41) is 17.4. The zero-order valence-electron chi connectivity index (χ0n) is 15.0. The fourth-order valence-corrected chi connectivity index (χ4v) is 3.22. The number of aromatic carboxylic acids is 1. The minimum atomic E-state index is -1.03. The number of benzene rings is 2. The minimum Gasteiger partial charge on any atom is -0.478 e. The van der Waals surface area contributed by atoms with E-state index in [0.29, 0.717) is 17.3 Å². The van der Waals surface area contributed by atoms with Crippen LogP contribution < -0.4 is 22.0 Å². The molecule has 28 heavy (non-hydrogen) atoms. The first-order valence-corrected chi connectivity index (χ1v) is 9.65. The molecular formula is C19H21N5O3S. The number of hydrazine groups is 1. The number of carboxylic acid groups (broad SMARTS) is 1. The van der Waals surface area contributed by atoms with E-state index in [1.165, 1.54) is 30.0 Å². The molecule has 0 heterocycles. The maximum atomic E-state index is 12.4. The summed E-state index contributed by atoms with van der Waals surface area (Å²) >= 11 is 1.11. The van der Waals surface area contributed by atoms with Crippen LogP contribution in [0.4, 0.5) is 11.4 Å². The molecule has 1 fully saturated rings. The molecule has 0 radical (unpaired) electrons. The van der Waals surface area contributed by atoms with Crippen molar-refractivity contribution in [2.45, 2.75) is 18.9 Å². The largest absolute Gasteiger partial charge is 0.478 e. The van der Waals surface area contributed by atoms with E-state index in [1.807, 2.05) is 12.1 Å². The van der Waals surface area contributed by atoms with Gasteiger partial charge in [0.1, 0.15) is 0 Å². The van der Waals surface area contributed by atoms with E-state index in [1.54, 1.807) is 24.3 Å². The number of thioether (sulfide) groups is 1. The van der Waals surface area contributed by atoms with Gasteiger partial charge in [0.25, 0.3) is 0 Å². The van der Waals surface area contributed by atoms with Gasteiger partial charge in [-0.3, -0.25) is 9.80 Å². The average Bonchev–Trinajstić information content (AvgIpc) is 3.52. The topological polar surface area (TPSA) is 134 Å². The summed E-state index contributed by atoms with van der Waals surface area (Å²) in [5.74, 6) is 10.4. The standard InChI is InChI=1S/C19H21N5O3S/c20-23-19(24(21)16-9-3-13(4-10-16)18(26)27)28-11-17(25)12-1-5-14(6-2-12)22-15-7-8-15/h1-6,9-10,15,22H,7-8,11,20-21H2,(H,26,27)/b23-19+. The highest BCUT2D eigenvalue weighted by Crippen LogP contribution is 2.25. The van der Waals surface area contributed by atoms with Crippen LogP contribution in [-0.2, 0) is 0 Å². The number of ketones is 1. The van der Waals surface area contributed by atoms with Gasteiger partial charge in [0.2, 0.25) is 5.17 Å². The molecule has 0 aliphatic heterocycles. The third kappa shape index (κ3) is 5.02. The number of carbonyl (C=O) groups is 2. The number of nitrogens with one attached hydrogen (secondary N) is 1. The van der Waals surface area contributed by atoms with Crippen molar-refractivity contribution in [2.75, 3.05) is 16.1 Å². The number of hydrazone groups is 1. The number of carboxylic acids is 1. The van der Waals surface area contributed by atoms with Gasteiger partial charge in [-0.2, -0.15) is 5.10 Å². The Bertz CT molecular complexity index is 879. The van der Waals surface area contributed by atoms with E-state index >= 15 is 0 Å². The predicted octanol–water partition coefficient (Wildman–Crippen LogP) is 2.49. The van der Waals surface area contributed by atoms with Crippen LogP contribution in [0.25, 0.3) is 0 Å². The van der Waals surface area contributed by atoms with Crippen LogP contribution in [0.2, 0.25) is 0 Å².